The minimum atomic E-state index is 0.462. The summed E-state index contributed by atoms with van der Waals surface area (Å²) in [6, 6.07) is 0.462. The summed E-state index contributed by atoms with van der Waals surface area (Å²) in [6.07, 6.45) is 9.30. The number of hydrogen-bond acceptors (Lipinski definition) is 5. The molecule has 1 saturated heterocycles. The van der Waals surface area contributed by atoms with Gasteiger partial charge in [-0.25, -0.2) is 9.67 Å². The van der Waals surface area contributed by atoms with Gasteiger partial charge in [-0.1, -0.05) is 19.1 Å². The summed E-state index contributed by atoms with van der Waals surface area (Å²) in [7, 11) is 0. The highest BCUT2D eigenvalue weighted by Crippen LogP contribution is 2.24. The zero-order chi connectivity index (χ0) is 14.7. The van der Waals surface area contributed by atoms with Crippen molar-refractivity contribution in [2.24, 2.45) is 5.92 Å². The fourth-order valence-corrected chi connectivity index (χ4v) is 4.07. The zero-order valence-electron chi connectivity index (χ0n) is 12.8. The largest absolute Gasteiger partial charge is 0.296 e. The van der Waals surface area contributed by atoms with Gasteiger partial charge in [-0.15, -0.1) is 16.4 Å². The lowest BCUT2D eigenvalue weighted by Gasteiger charge is -2.32. The van der Waals surface area contributed by atoms with E-state index in [4.69, 9.17) is 0 Å². The Morgan fingerprint density at radius 3 is 3.10 bits per heavy atom. The van der Waals surface area contributed by atoms with Gasteiger partial charge in [-0.2, -0.15) is 0 Å². The Hall–Kier alpha value is -1.27. The second-order valence-electron chi connectivity index (χ2n) is 6.23. The van der Waals surface area contributed by atoms with Crippen molar-refractivity contribution in [1.29, 1.82) is 0 Å². The lowest BCUT2D eigenvalue weighted by atomic mass is 10.1. The van der Waals surface area contributed by atoms with Gasteiger partial charge in [0.1, 0.15) is 0 Å². The first-order valence-corrected chi connectivity index (χ1v) is 8.54. The van der Waals surface area contributed by atoms with Crippen molar-refractivity contribution in [1.82, 2.24) is 24.9 Å². The Bertz CT molecular complexity index is 548. The number of aromatic nitrogens is 4. The molecule has 3 heterocycles. The number of hydrogen-bond donors (Lipinski definition) is 0. The maximum absolute atomic E-state index is 4.56. The second kappa shape index (κ2) is 6.66. The van der Waals surface area contributed by atoms with Gasteiger partial charge >= 0.3 is 0 Å². The number of piperidine rings is 1. The van der Waals surface area contributed by atoms with Crippen LogP contribution >= 0.6 is 11.3 Å². The van der Waals surface area contributed by atoms with Crippen molar-refractivity contribution in [2.75, 3.05) is 13.1 Å². The van der Waals surface area contributed by atoms with Crippen molar-refractivity contribution in [3.05, 3.63) is 28.5 Å². The first kappa shape index (κ1) is 14.7. The zero-order valence-corrected chi connectivity index (χ0v) is 13.6. The molecule has 0 amide bonds. The van der Waals surface area contributed by atoms with Crippen LogP contribution in [-0.2, 0) is 13.0 Å². The van der Waals surface area contributed by atoms with Gasteiger partial charge in [0.2, 0.25) is 0 Å². The minimum absolute atomic E-state index is 0.462. The molecule has 1 atom stereocenters. The molecule has 2 aromatic heterocycles. The molecule has 0 saturated carbocycles. The van der Waals surface area contributed by atoms with Crippen molar-refractivity contribution >= 4 is 11.3 Å². The van der Waals surface area contributed by atoms with Crippen LogP contribution in [0.5, 0.6) is 0 Å². The molecule has 0 spiro atoms. The van der Waals surface area contributed by atoms with Crippen LogP contribution in [0.1, 0.15) is 42.6 Å². The quantitative estimate of drug-likeness (QED) is 0.852. The summed E-state index contributed by atoms with van der Waals surface area (Å²) in [6.45, 7) is 7.73. The molecule has 0 aliphatic carbocycles. The predicted molar refractivity (Wildman–Crippen MR) is 84.2 cm³/mol. The molecule has 2 aromatic rings. The van der Waals surface area contributed by atoms with E-state index in [1.807, 2.05) is 22.2 Å². The molecule has 114 valence electrons. The monoisotopic (exact) mass is 305 g/mol. The van der Waals surface area contributed by atoms with Crippen LogP contribution in [0.25, 0.3) is 0 Å². The molecule has 0 N–H and O–H groups in total. The fourth-order valence-electron chi connectivity index (χ4n) is 2.89. The van der Waals surface area contributed by atoms with Crippen molar-refractivity contribution in [2.45, 2.75) is 45.7 Å². The lowest BCUT2D eigenvalue weighted by Crippen LogP contribution is -2.36. The SMILES string of the molecule is CC(C)Cc1ncc(CN2CCCC(n3ccnn3)C2)s1. The van der Waals surface area contributed by atoms with Gasteiger partial charge in [-0.05, 0) is 25.3 Å². The summed E-state index contributed by atoms with van der Waals surface area (Å²) in [5.74, 6) is 0.677. The highest BCUT2D eigenvalue weighted by molar-refractivity contribution is 7.11. The van der Waals surface area contributed by atoms with Crippen LogP contribution in [0.3, 0.4) is 0 Å². The first-order valence-electron chi connectivity index (χ1n) is 7.72. The molecule has 5 nitrogen and oxygen atoms in total. The topological polar surface area (TPSA) is 46.8 Å². The van der Waals surface area contributed by atoms with Crippen LogP contribution in [-0.4, -0.2) is 38.0 Å². The van der Waals surface area contributed by atoms with E-state index in [2.05, 4.69) is 40.2 Å². The van der Waals surface area contributed by atoms with E-state index in [0.29, 0.717) is 12.0 Å². The molecule has 0 bridgehead atoms. The van der Waals surface area contributed by atoms with Gasteiger partial charge in [-0.3, -0.25) is 4.90 Å². The third-order valence-corrected chi connectivity index (χ3v) is 4.86. The fraction of sp³-hybridized carbons (Fsp3) is 0.667. The van der Waals surface area contributed by atoms with Crippen LogP contribution in [0.2, 0.25) is 0 Å². The van der Waals surface area contributed by atoms with Crippen molar-refractivity contribution in [3.8, 4) is 0 Å². The van der Waals surface area contributed by atoms with Crippen LogP contribution < -0.4 is 0 Å². The Morgan fingerprint density at radius 1 is 1.43 bits per heavy atom. The normalized spacial score (nSPS) is 20.2. The third kappa shape index (κ3) is 3.89. The summed E-state index contributed by atoms with van der Waals surface area (Å²) in [4.78, 5) is 8.45. The van der Waals surface area contributed by atoms with E-state index in [0.717, 1.165) is 19.5 Å². The van der Waals surface area contributed by atoms with E-state index in [1.165, 1.54) is 29.3 Å². The van der Waals surface area contributed by atoms with E-state index >= 15 is 0 Å². The number of likely N-dealkylation sites (tertiary alicyclic amines) is 1. The Labute approximate surface area is 130 Å². The van der Waals surface area contributed by atoms with Crippen molar-refractivity contribution in [3.63, 3.8) is 0 Å². The van der Waals surface area contributed by atoms with Gasteiger partial charge in [0, 0.05) is 36.8 Å². The van der Waals surface area contributed by atoms with Crippen LogP contribution in [0.15, 0.2) is 18.6 Å². The average molecular weight is 305 g/mol. The third-order valence-electron chi connectivity index (χ3n) is 3.86. The molecule has 1 fully saturated rings. The average Bonchev–Trinajstić information content (AvgIpc) is 3.10. The molecule has 1 aliphatic rings. The lowest BCUT2D eigenvalue weighted by molar-refractivity contribution is 0.163. The Kier molecular flexibility index (Phi) is 4.65. The molecule has 6 heteroatoms. The highest BCUT2D eigenvalue weighted by atomic mass is 32.1. The standard InChI is InChI=1S/C15H23N5S/c1-12(2)8-15-16-9-14(21-15)11-19-6-3-4-13(10-19)20-7-5-17-18-20/h5,7,9,12-13H,3-4,6,8,10-11H2,1-2H3. The molecule has 0 radical (unpaired) electrons. The van der Waals surface area contributed by atoms with Gasteiger partial charge in [0.05, 0.1) is 17.2 Å². The molecule has 3 rings (SSSR count). The van der Waals surface area contributed by atoms with Gasteiger partial charge in [0.25, 0.3) is 0 Å². The summed E-state index contributed by atoms with van der Waals surface area (Å²) in [5, 5.41) is 9.34. The number of nitrogens with zero attached hydrogens (tertiary/aromatic N) is 5. The predicted octanol–water partition coefficient (Wildman–Crippen LogP) is 2.77. The highest BCUT2D eigenvalue weighted by Gasteiger charge is 2.22. The number of thiazole rings is 1. The van der Waals surface area contributed by atoms with Crippen LogP contribution in [0, 0.1) is 5.92 Å². The molecule has 0 aromatic carbocycles. The van der Waals surface area contributed by atoms with Gasteiger partial charge in [0.15, 0.2) is 0 Å². The summed E-state index contributed by atoms with van der Waals surface area (Å²) in [5.41, 5.74) is 0. The van der Waals surface area contributed by atoms with Gasteiger partial charge < -0.3 is 0 Å². The molecule has 21 heavy (non-hydrogen) atoms. The second-order valence-corrected chi connectivity index (χ2v) is 7.43. The summed E-state index contributed by atoms with van der Waals surface area (Å²) >= 11 is 1.87. The molecular weight excluding hydrogens is 282 g/mol. The first-order chi connectivity index (χ1) is 10.2. The smallest absolute Gasteiger partial charge is 0.0930 e. The Balaban J connectivity index is 1.58. The van der Waals surface area contributed by atoms with E-state index < -0.39 is 0 Å². The Morgan fingerprint density at radius 2 is 2.33 bits per heavy atom. The minimum Gasteiger partial charge on any atom is -0.296 e. The van der Waals surface area contributed by atoms with E-state index in [1.54, 1.807) is 6.20 Å². The van der Waals surface area contributed by atoms with Crippen LogP contribution in [0.4, 0.5) is 0 Å². The molecule has 1 unspecified atom stereocenters. The maximum Gasteiger partial charge on any atom is 0.0930 e. The van der Waals surface area contributed by atoms with Crippen molar-refractivity contribution < 1.29 is 0 Å². The van der Waals surface area contributed by atoms with E-state index in [9.17, 15) is 0 Å². The maximum atomic E-state index is 4.56. The van der Waals surface area contributed by atoms with E-state index in [-0.39, 0.29) is 0 Å². The molecule has 1 aliphatic heterocycles. The summed E-state index contributed by atoms with van der Waals surface area (Å²) < 4.78 is 2.00. The molecular formula is C15H23N5S. The number of rotatable bonds is 5.